The highest BCUT2D eigenvalue weighted by molar-refractivity contribution is 5.84. The molecule has 2 aliphatic heterocycles. The van der Waals surface area contributed by atoms with Crippen molar-refractivity contribution in [3.63, 3.8) is 0 Å². The number of rotatable bonds is 4. The van der Waals surface area contributed by atoms with Crippen LogP contribution in [0.2, 0.25) is 0 Å². The van der Waals surface area contributed by atoms with Crippen molar-refractivity contribution < 1.29 is 9.21 Å². The molecule has 1 aromatic rings. The first-order valence-electron chi connectivity index (χ1n) is 9.79. The summed E-state index contributed by atoms with van der Waals surface area (Å²) in [5, 5.41) is 0. The molecule has 3 aliphatic rings. The minimum atomic E-state index is -0.112. The van der Waals surface area contributed by atoms with Crippen molar-refractivity contribution in [3.8, 4) is 0 Å². The average Bonchev–Trinajstić information content (AvgIpc) is 3.24. The summed E-state index contributed by atoms with van der Waals surface area (Å²) >= 11 is 0. The van der Waals surface area contributed by atoms with Gasteiger partial charge in [-0.25, -0.2) is 0 Å². The Bertz CT molecular complexity index is 550. The Balaban J connectivity index is 1.38. The van der Waals surface area contributed by atoms with E-state index in [-0.39, 0.29) is 5.41 Å². The summed E-state index contributed by atoms with van der Waals surface area (Å²) in [5.74, 6) is 2.20. The van der Waals surface area contributed by atoms with Crippen molar-refractivity contribution in [1.29, 1.82) is 0 Å². The first-order valence-corrected chi connectivity index (χ1v) is 9.79. The van der Waals surface area contributed by atoms with Gasteiger partial charge in [0.1, 0.15) is 5.76 Å². The molecule has 1 spiro atoms. The summed E-state index contributed by atoms with van der Waals surface area (Å²) in [6, 6.07) is 3.97. The summed E-state index contributed by atoms with van der Waals surface area (Å²) in [6.45, 7) is 4.76. The normalized spacial score (nSPS) is 29.7. The summed E-state index contributed by atoms with van der Waals surface area (Å²) in [4.78, 5) is 17.9. The Morgan fingerprint density at radius 2 is 2.00 bits per heavy atom. The minimum absolute atomic E-state index is 0.112. The summed E-state index contributed by atoms with van der Waals surface area (Å²) in [7, 11) is 0. The maximum Gasteiger partial charge on any atom is 0.230 e. The van der Waals surface area contributed by atoms with E-state index in [1.54, 1.807) is 6.26 Å². The Labute approximate surface area is 145 Å². The van der Waals surface area contributed by atoms with Gasteiger partial charge in [-0.15, -0.1) is 0 Å². The number of hydrogen-bond donors (Lipinski definition) is 0. The molecule has 24 heavy (non-hydrogen) atoms. The molecule has 3 fully saturated rings. The predicted molar refractivity (Wildman–Crippen MR) is 93.4 cm³/mol. The first-order chi connectivity index (χ1) is 11.8. The second-order valence-corrected chi connectivity index (χ2v) is 8.18. The van der Waals surface area contributed by atoms with E-state index >= 15 is 0 Å². The third-order valence-corrected chi connectivity index (χ3v) is 6.42. The quantitative estimate of drug-likeness (QED) is 0.845. The van der Waals surface area contributed by atoms with Gasteiger partial charge in [-0.3, -0.25) is 9.69 Å². The van der Waals surface area contributed by atoms with Gasteiger partial charge in [0, 0.05) is 19.6 Å². The van der Waals surface area contributed by atoms with Gasteiger partial charge in [0.25, 0.3) is 0 Å². The Kier molecular flexibility index (Phi) is 4.66. The zero-order chi connectivity index (χ0) is 16.4. The van der Waals surface area contributed by atoms with Crippen LogP contribution in [0.3, 0.4) is 0 Å². The highest BCUT2D eigenvalue weighted by Crippen LogP contribution is 2.41. The third kappa shape index (κ3) is 3.26. The van der Waals surface area contributed by atoms with Crippen molar-refractivity contribution in [2.75, 3.05) is 26.2 Å². The van der Waals surface area contributed by atoms with E-state index in [1.165, 1.54) is 38.5 Å². The SMILES string of the molecule is O=C1N(CC2CCCCC2)CCCC12CCN(Cc1ccco1)C2. The van der Waals surface area contributed by atoms with E-state index in [1.807, 2.05) is 12.1 Å². The number of likely N-dealkylation sites (tertiary alicyclic amines) is 2. The number of hydrogen-bond acceptors (Lipinski definition) is 3. The van der Waals surface area contributed by atoms with Crippen LogP contribution in [0.1, 0.15) is 57.1 Å². The topological polar surface area (TPSA) is 36.7 Å². The fourth-order valence-corrected chi connectivity index (χ4v) is 5.10. The second-order valence-electron chi connectivity index (χ2n) is 8.18. The predicted octanol–water partition coefficient (Wildman–Crippen LogP) is 3.67. The van der Waals surface area contributed by atoms with Gasteiger partial charge < -0.3 is 9.32 Å². The van der Waals surface area contributed by atoms with Gasteiger partial charge in [0.2, 0.25) is 5.91 Å². The van der Waals surface area contributed by atoms with Crippen LogP contribution < -0.4 is 0 Å². The monoisotopic (exact) mass is 330 g/mol. The number of amides is 1. The molecule has 0 aromatic carbocycles. The lowest BCUT2D eigenvalue weighted by molar-refractivity contribution is -0.146. The molecule has 1 aliphatic carbocycles. The molecule has 0 radical (unpaired) electrons. The molecule has 1 aromatic heterocycles. The van der Waals surface area contributed by atoms with E-state index in [2.05, 4.69) is 9.80 Å². The lowest BCUT2D eigenvalue weighted by Gasteiger charge is -2.41. The Hall–Kier alpha value is -1.29. The highest BCUT2D eigenvalue weighted by Gasteiger charge is 2.48. The molecule has 0 bridgehead atoms. The molecule has 0 N–H and O–H groups in total. The molecule has 1 unspecified atom stereocenters. The number of carbonyl (C=O) groups is 1. The van der Waals surface area contributed by atoms with Crippen LogP contribution in [-0.2, 0) is 11.3 Å². The van der Waals surface area contributed by atoms with Crippen LogP contribution in [0.15, 0.2) is 22.8 Å². The lowest BCUT2D eigenvalue weighted by atomic mass is 9.77. The third-order valence-electron chi connectivity index (χ3n) is 6.42. The lowest BCUT2D eigenvalue weighted by Crippen LogP contribution is -2.51. The zero-order valence-corrected chi connectivity index (χ0v) is 14.7. The van der Waals surface area contributed by atoms with E-state index < -0.39 is 0 Å². The molecular formula is C20H30N2O2. The maximum absolute atomic E-state index is 13.2. The zero-order valence-electron chi connectivity index (χ0n) is 14.7. The van der Waals surface area contributed by atoms with Gasteiger partial charge in [-0.05, 0) is 56.7 Å². The second kappa shape index (κ2) is 6.91. The van der Waals surface area contributed by atoms with Crippen molar-refractivity contribution >= 4 is 5.91 Å². The molecule has 4 rings (SSSR count). The molecule has 3 heterocycles. The number of carbonyl (C=O) groups excluding carboxylic acids is 1. The summed E-state index contributed by atoms with van der Waals surface area (Å²) in [5.41, 5.74) is -0.112. The largest absolute Gasteiger partial charge is 0.468 e. The molecule has 132 valence electrons. The molecule has 1 amide bonds. The van der Waals surface area contributed by atoms with Crippen LogP contribution in [0.4, 0.5) is 0 Å². The molecule has 2 saturated heterocycles. The molecule has 4 nitrogen and oxygen atoms in total. The number of nitrogens with zero attached hydrogens (tertiary/aromatic N) is 2. The van der Waals surface area contributed by atoms with E-state index in [9.17, 15) is 4.79 Å². The summed E-state index contributed by atoms with van der Waals surface area (Å²) < 4.78 is 5.48. The molecular weight excluding hydrogens is 300 g/mol. The van der Waals surface area contributed by atoms with Gasteiger partial charge >= 0.3 is 0 Å². The van der Waals surface area contributed by atoms with Crippen LogP contribution in [0.25, 0.3) is 0 Å². The van der Waals surface area contributed by atoms with E-state index in [4.69, 9.17) is 4.42 Å². The smallest absolute Gasteiger partial charge is 0.230 e. The molecule has 1 saturated carbocycles. The Morgan fingerprint density at radius 3 is 2.79 bits per heavy atom. The van der Waals surface area contributed by atoms with Crippen LogP contribution in [-0.4, -0.2) is 41.9 Å². The van der Waals surface area contributed by atoms with Gasteiger partial charge in [-0.2, -0.15) is 0 Å². The van der Waals surface area contributed by atoms with Crippen molar-refractivity contribution in [2.45, 2.75) is 57.9 Å². The van der Waals surface area contributed by atoms with Gasteiger partial charge in [0.15, 0.2) is 0 Å². The highest BCUT2D eigenvalue weighted by atomic mass is 16.3. The summed E-state index contributed by atoms with van der Waals surface area (Å²) in [6.07, 6.45) is 11.7. The van der Waals surface area contributed by atoms with Crippen LogP contribution in [0, 0.1) is 11.3 Å². The standard InChI is InChI=1S/C20H30N2O2/c23-19-20(10-12-21(16-20)15-18-8-4-13-24-18)9-5-11-22(19)14-17-6-2-1-3-7-17/h4,8,13,17H,1-3,5-7,9-12,14-16H2. The molecule has 4 heteroatoms. The van der Waals surface area contributed by atoms with Gasteiger partial charge in [0.05, 0.1) is 18.2 Å². The fourth-order valence-electron chi connectivity index (χ4n) is 5.10. The minimum Gasteiger partial charge on any atom is -0.468 e. The number of piperidine rings is 1. The Morgan fingerprint density at radius 1 is 1.12 bits per heavy atom. The van der Waals surface area contributed by atoms with E-state index in [0.29, 0.717) is 5.91 Å². The molecule has 1 atom stereocenters. The maximum atomic E-state index is 13.2. The van der Waals surface area contributed by atoms with Crippen LogP contribution in [0.5, 0.6) is 0 Å². The first kappa shape index (κ1) is 16.2. The van der Waals surface area contributed by atoms with Gasteiger partial charge in [-0.1, -0.05) is 19.3 Å². The fraction of sp³-hybridized carbons (Fsp3) is 0.750. The van der Waals surface area contributed by atoms with Crippen molar-refractivity contribution in [2.24, 2.45) is 11.3 Å². The van der Waals surface area contributed by atoms with Crippen LogP contribution >= 0.6 is 0 Å². The van der Waals surface area contributed by atoms with Crippen molar-refractivity contribution in [3.05, 3.63) is 24.2 Å². The number of furan rings is 1. The van der Waals surface area contributed by atoms with E-state index in [0.717, 1.165) is 57.2 Å². The average molecular weight is 330 g/mol. The van der Waals surface area contributed by atoms with Crippen molar-refractivity contribution in [1.82, 2.24) is 9.80 Å².